The van der Waals surface area contributed by atoms with Crippen molar-refractivity contribution in [3.63, 3.8) is 0 Å². The maximum Gasteiger partial charge on any atom is 0.301 e. The molecule has 2 N–H and O–H groups in total. The zero-order valence-corrected chi connectivity index (χ0v) is 18.4. The Kier molecular flexibility index (Phi) is 5.43. The Labute approximate surface area is 190 Å². The Morgan fingerprint density at radius 1 is 1.00 bits per heavy atom. The van der Waals surface area contributed by atoms with Crippen molar-refractivity contribution in [2.45, 2.75) is 12.8 Å². The average Bonchev–Trinajstić information content (AvgIpc) is 3.51. The highest BCUT2D eigenvalue weighted by atomic mass is 32.2. The van der Waals surface area contributed by atoms with Crippen LogP contribution in [0, 0.1) is 5.82 Å². The van der Waals surface area contributed by atoms with Crippen LogP contribution in [0.25, 0.3) is 22.2 Å². The molecule has 2 aromatic heterocycles. The summed E-state index contributed by atoms with van der Waals surface area (Å²) in [6.07, 6.45) is 4.73. The number of carbonyl (C=O) groups excluding carboxylic acids is 1. The number of anilines is 1. The first-order valence-corrected chi connectivity index (χ1v) is 12.0. The quantitative estimate of drug-likeness (QED) is 0.415. The summed E-state index contributed by atoms with van der Waals surface area (Å²) in [7, 11) is -3.89. The van der Waals surface area contributed by atoms with Gasteiger partial charge in [-0.3, -0.25) is 9.52 Å². The number of hydrogen-bond donors (Lipinski definition) is 2. The van der Waals surface area contributed by atoms with Crippen LogP contribution in [-0.2, 0) is 10.2 Å². The van der Waals surface area contributed by atoms with Crippen molar-refractivity contribution in [1.29, 1.82) is 0 Å². The smallest absolute Gasteiger partial charge is 0.301 e. The van der Waals surface area contributed by atoms with E-state index in [0.29, 0.717) is 24.1 Å². The third kappa shape index (κ3) is 4.01. The number of aromatic amines is 1. The maximum absolute atomic E-state index is 15.3. The molecule has 0 amide bonds. The fourth-order valence-electron chi connectivity index (χ4n) is 4.04. The second-order valence-electron chi connectivity index (χ2n) is 7.90. The van der Waals surface area contributed by atoms with Crippen LogP contribution >= 0.6 is 0 Å². The van der Waals surface area contributed by atoms with Crippen LogP contribution in [0.1, 0.15) is 28.8 Å². The molecule has 1 aliphatic heterocycles. The van der Waals surface area contributed by atoms with Crippen molar-refractivity contribution in [2.24, 2.45) is 0 Å². The van der Waals surface area contributed by atoms with Gasteiger partial charge in [0.05, 0.1) is 11.3 Å². The van der Waals surface area contributed by atoms with E-state index >= 15 is 4.39 Å². The van der Waals surface area contributed by atoms with Gasteiger partial charge in [-0.25, -0.2) is 9.37 Å². The molecule has 0 aliphatic carbocycles. The first-order valence-electron chi connectivity index (χ1n) is 10.6. The second-order valence-corrected chi connectivity index (χ2v) is 9.57. The van der Waals surface area contributed by atoms with Crippen LogP contribution in [0.3, 0.4) is 0 Å². The van der Waals surface area contributed by atoms with Crippen molar-refractivity contribution >= 4 is 32.7 Å². The molecule has 0 spiro atoms. The number of benzene rings is 2. The largest absolute Gasteiger partial charge is 0.345 e. The van der Waals surface area contributed by atoms with Crippen molar-refractivity contribution in [3.8, 4) is 11.1 Å². The average molecular weight is 465 g/mol. The molecule has 1 aliphatic rings. The second kappa shape index (κ2) is 8.42. The van der Waals surface area contributed by atoms with Gasteiger partial charge in [0, 0.05) is 42.0 Å². The molecule has 4 aromatic rings. The van der Waals surface area contributed by atoms with Crippen LogP contribution < -0.4 is 4.72 Å². The normalized spacial score (nSPS) is 14.6. The van der Waals surface area contributed by atoms with Crippen LogP contribution in [0.4, 0.5) is 10.1 Å². The van der Waals surface area contributed by atoms with Gasteiger partial charge in [-0.1, -0.05) is 36.4 Å². The van der Waals surface area contributed by atoms with Gasteiger partial charge in [0.15, 0.2) is 11.6 Å². The van der Waals surface area contributed by atoms with Gasteiger partial charge in [-0.15, -0.1) is 0 Å². The summed E-state index contributed by atoms with van der Waals surface area (Å²) < 4.78 is 44.0. The lowest BCUT2D eigenvalue weighted by molar-refractivity contribution is 0.103. The van der Waals surface area contributed by atoms with Gasteiger partial charge >= 0.3 is 10.2 Å². The molecular weight excluding hydrogens is 443 g/mol. The number of pyridine rings is 1. The zero-order chi connectivity index (χ0) is 23.0. The summed E-state index contributed by atoms with van der Waals surface area (Å²) in [6, 6.07) is 15.6. The van der Waals surface area contributed by atoms with Crippen LogP contribution in [0.5, 0.6) is 0 Å². The summed E-state index contributed by atoms with van der Waals surface area (Å²) in [4.78, 5) is 20.6. The van der Waals surface area contributed by atoms with Gasteiger partial charge < -0.3 is 4.98 Å². The number of ketones is 1. The monoisotopic (exact) mass is 464 g/mol. The molecule has 9 heteroatoms. The SMILES string of the molecule is O=C(c1cccc(NS(=O)(=O)N2CCCC2)c1F)c1c[nH]c2ncc(-c3ccccc3)cc12. The van der Waals surface area contributed by atoms with E-state index in [0.717, 1.165) is 24.0 Å². The number of nitrogens with zero attached hydrogens (tertiary/aromatic N) is 2. The first-order chi connectivity index (χ1) is 15.9. The highest BCUT2D eigenvalue weighted by Gasteiger charge is 2.27. The van der Waals surface area contributed by atoms with Gasteiger partial charge in [-0.2, -0.15) is 12.7 Å². The highest BCUT2D eigenvalue weighted by molar-refractivity contribution is 7.90. The molecule has 0 unspecified atom stereocenters. The number of hydrogen-bond acceptors (Lipinski definition) is 4. The number of fused-ring (bicyclic) bond motifs is 1. The van der Waals surface area contributed by atoms with Gasteiger partial charge in [0.1, 0.15) is 5.65 Å². The number of rotatable bonds is 6. The number of aromatic nitrogens is 2. The molecule has 0 bridgehead atoms. The minimum atomic E-state index is -3.89. The molecule has 0 saturated carbocycles. The molecule has 1 saturated heterocycles. The molecule has 5 rings (SSSR count). The zero-order valence-electron chi connectivity index (χ0n) is 17.6. The van der Waals surface area contributed by atoms with E-state index in [1.165, 1.54) is 28.7 Å². The van der Waals surface area contributed by atoms with Gasteiger partial charge in [0.25, 0.3) is 0 Å². The molecule has 7 nitrogen and oxygen atoms in total. The molecule has 0 atom stereocenters. The summed E-state index contributed by atoms with van der Waals surface area (Å²) >= 11 is 0. The summed E-state index contributed by atoms with van der Waals surface area (Å²) in [5.74, 6) is -1.47. The summed E-state index contributed by atoms with van der Waals surface area (Å²) in [5.41, 5.74) is 2.05. The Bertz CT molecular complexity index is 1450. The lowest BCUT2D eigenvalue weighted by Crippen LogP contribution is -2.33. The minimum absolute atomic E-state index is 0.220. The lowest BCUT2D eigenvalue weighted by atomic mass is 10.0. The first kappa shape index (κ1) is 21.3. The third-order valence-corrected chi connectivity index (χ3v) is 7.29. The van der Waals surface area contributed by atoms with Crippen molar-refractivity contribution in [2.75, 3.05) is 17.8 Å². The molecule has 168 valence electrons. The summed E-state index contributed by atoms with van der Waals surface area (Å²) in [5, 5.41) is 0.559. The van der Waals surface area contributed by atoms with E-state index in [-0.39, 0.29) is 16.8 Å². The van der Waals surface area contributed by atoms with Crippen molar-refractivity contribution < 1.29 is 17.6 Å². The highest BCUT2D eigenvalue weighted by Crippen LogP contribution is 2.28. The number of carbonyl (C=O) groups is 1. The maximum atomic E-state index is 15.3. The standard InChI is InChI=1S/C24H21FN4O3S/c25-22-18(9-6-10-21(22)28-33(31,32)29-11-4-5-12-29)23(30)20-15-27-24-19(20)13-17(14-26-24)16-7-2-1-3-8-16/h1-3,6-10,13-15,28H,4-5,11-12H2,(H,26,27). The van der Waals surface area contributed by atoms with Crippen LogP contribution in [-0.4, -0.2) is 41.6 Å². The Morgan fingerprint density at radius 3 is 2.52 bits per heavy atom. The Morgan fingerprint density at radius 2 is 1.76 bits per heavy atom. The van der Waals surface area contributed by atoms with Crippen LogP contribution in [0.2, 0.25) is 0 Å². The van der Waals surface area contributed by atoms with E-state index < -0.39 is 21.8 Å². The van der Waals surface area contributed by atoms with Gasteiger partial charge in [-0.05, 0) is 36.6 Å². The number of halogens is 1. The van der Waals surface area contributed by atoms with E-state index in [1.807, 2.05) is 36.4 Å². The Hall–Kier alpha value is -3.56. The fraction of sp³-hybridized carbons (Fsp3) is 0.167. The minimum Gasteiger partial charge on any atom is -0.345 e. The predicted octanol–water partition coefficient (Wildman–Crippen LogP) is 4.35. The predicted molar refractivity (Wildman–Crippen MR) is 125 cm³/mol. The number of nitrogens with one attached hydrogen (secondary N) is 2. The van der Waals surface area contributed by atoms with Gasteiger partial charge in [0.2, 0.25) is 0 Å². The molecule has 1 fully saturated rings. The molecule has 0 radical (unpaired) electrons. The topological polar surface area (TPSA) is 95.2 Å². The van der Waals surface area contributed by atoms with E-state index in [2.05, 4.69) is 14.7 Å². The van der Waals surface area contributed by atoms with E-state index in [1.54, 1.807) is 6.20 Å². The summed E-state index contributed by atoms with van der Waals surface area (Å²) in [6.45, 7) is 0.781. The van der Waals surface area contributed by atoms with Crippen LogP contribution in [0.15, 0.2) is 67.0 Å². The van der Waals surface area contributed by atoms with E-state index in [9.17, 15) is 13.2 Å². The third-order valence-electron chi connectivity index (χ3n) is 5.77. The molecule has 2 aromatic carbocycles. The van der Waals surface area contributed by atoms with E-state index in [4.69, 9.17) is 0 Å². The molecular formula is C24H21FN4O3S. The molecule has 33 heavy (non-hydrogen) atoms. The number of H-pyrrole nitrogens is 1. The molecule has 3 heterocycles. The fourth-order valence-corrected chi connectivity index (χ4v) is 5.35. The van der Waals surface area contributed by atoms with Crippen molar-refractivity contribution in [1.82, 2.24) is 14.3 Å². The lowest BCUT2D eigenvalue weighted by Gasteiger charge is -2.17. The Balaban J connectivity index is 1.50. The van der Waals surface area contributed by atoms with Crippen molar-refractivity contribution in [3.05, 3.63) is 83.9 Å².